The molecule has 0 fully saturated rings. The largest absolute Gasteiger partial charge is 0.494 e. The molecule has 10 heteroatoms. The van der Waals surface area contributed by atoms with Crippen molar-refractivity contribution in [2.45, 2.75) is 25.2 Å². The van der Waals surface area contributed by atoms with E-state index >= 15 is 0 Å². The summed E-state index contributed by atoms with van der Waals surface area (Å²) in [6.45, 7) is 4.83. The summed E-state index contributed by atoms with van der Waals surface area (Å²) in [5, 5.41) is 0. The van der Waals surface area contributed by atoms with Gasteiger partial charge in [0.05, 0.1) is 6.61 Å². The highest BCUT2D eigenvalue weighted by Gasteiger charge is 2.32. The molecule has 0 saturated heterocycles. The first-order valence-electron chi connectivity index (χ1n) is 9.21. The molecule has 0 saturated carbocycles. The van der Waals surface area contributed by atoms with Crippen LogP contribution in [-0.4, -0.2) is 19.6 Å². The van der Waals surface area contributed by atoms with E-state index in [4.69, 9.17) is 9.29 Å². The van der Waals surface area contributed by atoms with Gasteiger partial charge in [-0.05, 0) is 43.5 Å². The number of aryl methyl sites for hydroxylation is 1. The van der Waals surface area contributed by atoms with Crippen molar-refractivity contribution < 1.29 is 39.7 Å². The van der Waals surface area contributed by atoms with E-state index in [9.17, 15) is 30.4 Å². The van der Waals surface area contributed by atoms with Crippen molar-refractivity contribution in [1.29, 1.82) is 0 Å². The lowest BCUT2D eigenvalue weighted by atomic mass is 10.0. The van der Waals surface area contributed by atoms with Crippen molar-refractivity contribution in [2.75, 3.05) is 6.61 Å². The minimum absolute atomic E-state index is 0.720. The van der Waals surface area contributed by atoms with Gasteiger partial charge in [-0.25, -0.2) is 22.0 Å². The molecule has 32 heavy (non-hydrogen) atoms. The molecule has 0 aliphatic carbocycles. The number of hydrogen-bond acceptors (Lipinski definition) is 3. The first-order valence-corrected chi connectivity index (χ1v) is 10.7. The van der Waals surface area contributed by atoms with Gasteiger partial charge in [0, 0.05) is 0 Å². The van der Waals surface area contributed by atoms with Crippen LogP contribution in [0.15, 0.2) is 53.4 Å². The molecule has 0 spiro atoms. The SMILES string of the molecule is CCOc1ccc(Cc2ccc(C)cc2)cc1.O=S(=O)(O)c1c(F)c(F)c(F)c(F)c1F. The van der Waals surface area contributed by atoms with Gasteiger partial charge < -0.3 is 4.74 Å². The third-order valence-corrected chi connectivity index (χ3v) is 5.07. The lowest BCUT2D eigenvalue weighted by Crippen LogP contribution is -2.11. The average Bonchev–Trinajstić information content (AvgIpc) is 2.74. The van der Waals surface area contributed by atoms with E-state index in [-0.39, 0.29) is 0 Å². The van der Waals surface area contributed by atoms with Crippen LogP contribution in [0, 0.1) is 36.0 Å². The molecule has 3 rings (SSSR count). The van der Waals surface area contributed by atoms with Gasteiger partial charge in [0.25, 0.3) is 0 Å². The summed E-state index contributed by atoms with van der Waals surface area (Å²) in [5.41, 5.74) is 3.97. The number of halogens is 5. The van der Waals surface area contributed by atoms with Crippen LogP contribution in [0.5, 0.6) is 5.75 Å². The van der Waals surface area contributed by atoms with E-state index in [2.05, 4.69) is 43.3 Å². The topological polar surface area (TPSA) is 63.6 Å². The van der Waals surface area contributed by atoms with E-state index < -0.39 is 44.1 Å². The van der Waals surface area contributed by atoms with E-state index in [1.165, 1.54) is 16.7 Å². The molecule has 0 amide bonds. The van der Waals surface area contributed by atoms with Crippen molar-refractivity contribution in [3.8, 4) is 5.75 Å². The van der Waals surface area contributed by atoms with Gasteiger partial charge in [0.2, 0.25) is 5.82 Å². The van der Waals surface area contributed by atoms with Crippen molar-refractivity contribution in [2.24, 2.45) is 0 Å². The van der Waals surface area contributed by atoms with Crippen LogP contribution >= 0.6 is 0 Å². The van der Waals surface area contributed by atoms with Gasteiger partial charge in [-0.2, -0.15) is 8.42 Å². The Balaban J connectivity index is 0.000000229. The molecular weight excluding hydrogens is 455 g/mol. The first kappa shape index (κ1) is 25.3. The Bertz CT molecular complexity index is 1150. The van der Waals surface area contributed by atoms with Crippen molar-refractivity contribution in [1.82, 2.24) is 0 Å². The predicted molar refractivity (Wildman–Crippen MR) is 108 cm³/mol. The highest BCUT2D eigenvalue weighted by atomic mass is 32.2. The molecule has 0 aromatic heterocycles. The Morgan fingerprint density at radius 2 is 1.16 bits per heavy atom. The third-order valence-electron chi connectivity index (χ3n) is 4.19. The standard InChI is InChI=1S/C16H18O.C6HF5O3S/c1-3-17-16-10-8-15(9-11-16)12-14-6-4-13(2)5-7-14;7-1-2(8)4(10)6(15(12,13)14)5(11)3(1)9/h4-11H,3,12H2,1-2H3;(H,12,13,14). The predicted octanol–water partition coefficient (Wildman–Crippen LogP) is 5.61. The van der Waals surface area contributed by atoms with Crippen molar-refractivity contribution >= 4 is 10.1 Å². The molecule has 172 valence electrons. The lowest BCUT2D eigenvalue weighted by molar-refractivity contribution is 0.340. The molecule has 3 aromatic rings. The van der Waals surface area contributed by atoms with Crippen LogP contribution < -0.4 is 4.74 Å². The number of ether oxygens (including phenoxy) is 1. The van der Waals surface area contributed by atoms with Crippen LogP contribution in [0.25, 0.3) is 0 Å². The fourth-order valence-electron chi connectivity index (χ4n) is 2.62. The Kier molecular flexibility index (Phi) is 8.34. The number of benzene rings is 3. The van der Waals surface area contributed by atoms with Gasteiger partial charge in [0.15, 0.2) is 28.2 Å². The van der Waals surface area contributed by atoms with Gasteiger partial charge in [-0.1, -0.05) is 42.0 Å². The zero-order valence-electron chi connectivity index (χ0n) is 17.0. The quantitative estimate of drug-likeness (QED) is 0.226. The maximum atomic E-state index is 12.6. The van der Waals surface area contributed by atoms with E-state index in [0.717, 1.165) is 18.8 Å². The van der Waals surface area contributed by atoms with E-state index in [1.54, 1.807) is 0 Å². The number of rotatable bonds is 5. The minimum Gasteiger partial charge on any atom is -0.494 e. The zero-order chi connectivity index (χ0) is 24.1. The molecule has 0 aliphatic heterocycles. The van der Waals surface area contributed by atoms with E-state index in [0.29, 0.717) is 0 Å². The van der Waals surface area contributed by atoms with Crippen LogP contribution in [0.1, 0.15) is 23.6 Å². The zero-order valence-corrected chi connectivity index (χ0v) is 17.8. The van der Waals surface area contributed by atoms with Gasteiger partial charge >= 0.3 is 10.1 Å². The van der Waals surface area contributed by atoms with Crippen molar-refractivity contribution in [3.63, 3.8) is 0 Å². The molecular formula is C22H19F5O4S. The van der Waals surface area contributed by atoms with Gasteiger partial charge in [-0.3, -0.25) is 4.55 Å². The summed E-state index contributed by atoms with van der Waals surface area (Å²) >= 11 is 0. The Labute approximate surface area is 182 Å². The average molecular weight is 474 g/mol. The molecule has 0 aliphatic rings. The van der Waals surface area contributed by atoms with Crippen LogP contribution in [0.4, 0.5) is 22.0 Å². The second kappa shape index (κ2) is 10.6. The maximum absolute atomic E-state index is 12.6. The fourth-order valence-corrected chi connectivity index (χ4v) is 3.26. The summed E-state index contributed by atoms with van der Waals surface area (Å²) < 4.78 is 96.7. The highest BCUT2D eigenvalue weighted by Crippen LogP contribution is 2.26. The first-order chi connectivity index (χ1) is 15.0. The molecule has 0 heterocycles. The summed E-state index contributed by atoms with van der Waals surface area (Å²) in [5.74, 6) is -11.6. The summed E-state index contributed by atoms with van der Waals surface area (Å²) in [7, 11) is -5.52. The Morgan fingerprint density at radius 1 is 0.750 bits per heavy atom. The fraction of sp³-hybridized carbons (Fsp3) is 0.182. The summed E-state index contributed by atoms with van der Waals surface area (Å²) in [4.78, 5) is -2.26. The normalized spacial score (nSPS) is 11.0. The Hall–Kier alpha value is -2.98. The monoisotopic (exact) mass is 474 g/mol. The van der Waals surface area contributed by atoms with Gasteiger partial charge in [0.1, 0.15) is 5.75 Å². The molecule has 0 bridgehead atoms. The second-order valence-electron chi connectivity index (χ2n) is 6.61. The molecule has 1 N–H and O–H groups in total. The molecule has 4 nitrogen and oxygen atoms in total. The van der Waals surface area contributed by atoms with Crippen LogP contribution in [0.3, 0.4) is 0 Å². The molecule has 3 aromatic carbocycles. The van der Waals surface area contributed by atoms with Crippen LogP contribution in [0.2, 0.25) is 0 Å². The molecule has 0 radical (unpaired) electrons. The molecule has 0 unspecified atom stereocenters. The second-order valence-corrected chi connectivity index (χ2v) is 7.97. The Morgan fingerprint density at radius 3 is 1.56 bits per heavy atom. The number of hydrogen-bond donors (Lipinski definition) is 1. The third kappa shape index (κ3) is 6.27. The smallest absolute Gasteiger partial charge is 0.300 e. The minimum atomic E-state index is -5.52. The summed E-state index contributed by atoms with van der Waals surface area (Å²) in [6, 6.07) is 17.0. The molecule has 0 atom stereocenters. The van der Waals surface area contributed by atoms with Gasteiger partial charge in [-0.15, -0.1) is 0 Å². The summed E-state index contributed by atoms with van der Waals surface area (Å²) in [6.07, 6.45) is 0.979. The lowest BCUT2D eigenvalue weighted by Gasteiger charge is -2.05. The van der Waals surface area contributed by atoms with E-state index in [1.807, 2.05) is 19.1 Å². The van der Waals surface area contributed by atoms with Crippen molar-refractivity contribution in [3.05, 3.63) is 94.3 Å². The maximum Gasteiger partial charge on any atom is 0.300 e. The van der Waals surface area contributed by atoms with Crippen LogP contribution in [-0.2, 0) is 16.5 Å². The highest BCUT2D eigenvalue weighted by molar-refractivity contribution is 7.85.